The topological polar surface area (TPSA) is 65.8 Å². The first-order valence-electron chi connectivity index (χ1n) is 7.46. The third-order valence-corrected chi connectivity index (χ3v) is 4.40. The van der Waals surface area contributed by atoms with Gasteiger partial charge in [-0.2, -0.15) is 5.26 Å². The van der Waals surface area contributed by atoms with Crippen LogP contribution in [-0.2, 0) is 4.79 Å². The maximum atomic E-state index is 12.8. The largest absolute Gasteiger partial charge is 0.361 e. The summed E-state index contributed by atoms with van der Waals surface area (Å²) in [7, 11) is 0. The molecule has 112 valence electrons. The van der Waals surface area contributed by atoms with E-state index in [-0.39, 0.29) is 23.0 Å². The number of Topliss-reactive ketones (excluding diaryl/α,β-unsaturated/α-hetero) is 1. The number of fused-ring (bicyclic) bond motifs is 1. The van der Waals surface area contributed by atoms with Gasteiger partial charge in [0.15, 0.2) is 0 Å². The minimum absolute atomic E-state index is 0.153. The molecule has 0 aromatic carbocycles. The van der Waals surface area contributed by atoms with Crippen LogP contribution < -0.4 is 5.32 Å². The van der Waals surface area contributed by atoms with E-state index in [1.54, 1.807) is 12.4 Å². The fourth-order valence-corrected chi connectivity index (χ4v) is 3.53. The Hall–Kier alpha value is -2.41. The predicted octanol–water partition coefficient (Wildman–Crippen LogP) is 3.07. The fourth-order valence-electron chi connectivity index (χ4n) is 3.53. The first kappa shape index (κ1) is 14.5. The second-order valence-electron chi connectivity index (χ2n) is 6.75. The third kappa shape index (κ3) is 2.33. The molecule has 2 aliphatic rings. The fraction of sp³-hybridized carbons (Fsp3) is 0.389. The Labute approximate surface area is 130 Å². The van der Waals surface area contributed by atoms with Crippen molar-refractivity contribution in [3.63, 3.8) is 0 Å². The molecule has 1 aliphatic heterocycles. The average molecular weight is 293 g/mol. The minimum Gasteiger partial charge on any atom is -0.361 e. The monoisotopic (exact) mass is 293 g/mol. The summed E-state index contributed by atoms with van der Waals surface area (Å²) in [6.07, 6.45) is 6.10. The molecule has 22 heavy (non-hydrogen) atoms. The quantitative estimate of drug-likeness (QED) is 0.864. The summed E-state index contributed by atoms with van der Waals surface area (Å²) >= 11 is 0. The Kier molecular flexibility index (Phi) is 3.37. The van der Waals surface area contributed by atoms with Crippen LogP contribution in [0.15, 0.2) is 47.6 Å². The zero-order valence-electron chi connectivity index (χ0n) is 13.1. The lowest BCUT2D eigenvalue weighted by Gasteiger charge is -2.40. The van der Waals surface area contributed by atoms with Crippen LogP contribution in [0.25, 0.3) is 0 Å². The number of ketones is 1. The molecule has 0 spiro atoms. The van der Waals surface area contributed by atoms with E-state index in [4.69, 9.17) is 0 Å². The SMILES string of the molecule is CC1=C(C#N)C(c2cccnc2)C2C(=O)CC(C)(C)C=C2N1. The highest BCUT2D eigenvalue weighted by Crippen LogP contribution is 2.46. The smallest absolute Gasteiger partial charge is 0.143 e. The first-order valence-corrected chi connectivity index (χ1v) is 7.46. The van der Waals surface area contributed by atoms with E-state index in [2.05, 4.69) is 36.3 Å². The summed E-state index contributed by atoms with van der Waals surface area (Å²) in [6, 6.07) is 6.08. The number of carbonyl (C=O) groups excluding carboxylic acids is 1. The van der Waals surface area contributed by atoms with Crippen LogP contribution in [0.1, 0.15) is 38.7 Å². The Morgan fingerprint density at radius 2 is 2.18 bits per heavy atom. The van der Waals surface area contributed by atoms with Gasteiger partial charge in [-0.1, -0.05) is 26.0 Å². The normalized spacial score (nSPS) is 26.6. The summed E-state index contributed by atoms with van der Waals surface area (Å²) in [5.41, 5.74) is 3.14. The molecular formula is C18H19N3O. The number of carbonyl (C=O) groups is 1. The van der Waals surface area contributed by atoms with Crippen LogP contribution in [0, 0.1) is 22.7 Å². The van der Waals surface area contributed by atoms with Crippen molar-refractivity contribution in [3.05, 3.63) is 53.1 Å². The van der Waals surface area contributed by atoms with Crippen molar-refractivity contribution < 1.29 is 4.79 Å². The summed E-state index contributed by atoms with van der Waals surface area (Å²) < 4.78 is 0. The van der Waals surface area contributed by atoms with Crippen LogP contribution >= 0.6 is 0 Å². The molecule has 3 rings (SSSR count). The lowest BCUT2D eigenvalue weighted by atomic mass is 9.67. The van der Waals surface area contributed by atoms with E-state index in [0.29, 0.717) is 12.0 Å². The first-order chi connectivity index (χ1) is 10.4. The Bertz CT molecular complexity index is 722. The van der Waals surface area contributed by atoms with Crippen molar-refractivity contribution in [2.45, 2.75) is 33.1 Å². The van der Waals surface area contributed by atoms with Gasteiger partial charge in [0.25, 0.3) is 0 Å². The van der Waals surface area contributed by atoms with Gasteiger partial charge >= 0.3 is 0 Å². The van der Waals surface area contributed by atoms with Crippen molar-refractivity contribution in [1.82, 2.24) is 10.3 Å². The van der Waals surface area contributed by atoms with E-state index in [1.807, 2.05) is 19.1 Å². The molecule has 2 unspecified atom stereocenters. The molecule has 2 heterocycles. The molecule has 1 N–H and O–H groups in total. The molecule has 1 aromatic heterocycles. The number of hydrogen-bond donors (Lipinski definition) is 1. The van der Waals surface area contributed by atoms with Gasteiger partial charge in [0.1, 0.15) is 5.78 Å². The number of nitrogens with one attached hydrogen (secondary N) is 1. The van der Waals surface area contributed by atoms with Gasteiger partial charge in [-0.3, -0.25) is 9.78 Å². The van der Waals surface area contributed by atoms with Crippen LogP contribution in [-0.4, -0.2) is 10.8 Å². The number of aromatic nitrogens is 1. The molecule has 0 amide bonds. The molecule has 4 nitrogen and oxygen atoms in total. The Morgan fingerprint density at radius 1 is 1.41 bits per heavy atom. The molecular weight excluding hydrogens is 274 g/mol. The second-order valence-corrected chi connectivity index (χ2v) is 6.75. The summed E-state index contributed by atoms with van der Waals surface area (Å²) in [5, 5.41) is 12.9. The summed E-state index contributed by atoms with van der Waals surface area (Å²) in [4.78, 5) is 16.9. The zero-order valence-corrected chi connectivity index (χ0v) is 13.1. The predicted molar refractivity (Wildman–Crippen MR) is 83.4 cm³/mol. The average Bonchev–Trinajstić information content (AvgIpc) is 2.45. The van der Waals surface area contributed by atoms with Crippen molar-refractivity contribution in [2.24, 2.45) is 11.3 Å². The van der Waals surface area contributed by atoms with E-state index >= 15 is 0 Å². The van der Waals surface area contributed by atoms with E-state index in [1.165, 1.54) is 0 Å². The van der Waals surface area contributed by atoms with Gasteiger partial charge in [0.05, 0.1) is 17.6 Å². The minimum atomic E-state index is -0.310. The van der Waals surface area contributed by atoms with Crippen LogP contribution in [0.2, 0.25) is 0 Å². The van der Waals surface area contributed by atoms with Crippen molar-refractivity contribution in [3.8, 4) is 6.07 Å². The molecule has 0 bridgehead atoms. The van der Waals surface area contributed by atoms with Crippen LogP contribution in [0.4, 0.5) is 0 Å². The van der Waals surface area contributed by atoms with Gasteiger partial charge in [-0.05, 0) is 24.0 Å². The van der Waals surface area contributed by atoms with Gasteiger partial charge in [0.2, 0.25) is 0 Å². The number of allylic oxidation sites excluding steroid dienone is 4. The van der Waals surface area contributed by atoms with Gasteiger partial charge < -0.3 is 5.32 Å². The molecule has 0 saturated carbocycles. The molecule has 0 radical (unpaired) electrons. The highest BCUT2D eigenvalue weighted by molar-refractivity contribution is 5.88. The van der Waals surface area contributed by atoms with Crippen molar-refractivity contribution in [1.29, 1.82) is 5.26 Å². The number of nitrogens with zero attached hydrogens (tertiary/aromatic N) is 2. The van der Waals surface area contributed by atoms with Crippen molar-refractivity contribution in [2.75, 3.05) is 0 Å². The number of rotatable bonds is 1. The molecule has 1 aromatic rings. The molecule has 0 fully saturated rings. The zero-order chi connectivity index (χ0) is 15.9. The van der Waals surface area contributed by atoms with Gasteiger partial charge in [-0.25, -0.2) is 0 Å². The Balaban J connectivity index is 2.19. The molecule has 0 saturated heterocycles. The lowest BCUT2D eigenvalue weighted by molar-refractivity contribution is -0.124. The lowest BCUT2D eigenvalue weighted by Crippen LogP contribution is -2.41. The molecule has 1 aliphatic carbocycles. The number of hydrogen-bond acceptors (Lipinski definition) is 4. The van der Waals surface area contributed by atoms with Crippen LogP contribution in [0.3, 0.4) is 0 Å². The maximum Gasteiger partial charge on any atom is 0.143 e. The third-order valence-electron chi connectivity index (χ3n) is 4.40. The highest BCUT2D eigenvalue weighted by Gasteiger charge is 2.44. The van der Waals surface area contributed by atoms with Gasteiger partial charge in [0, 0.05) is 36.1 Å². The van der Waals surface area contributed by atoms with E-state index in [0.717, 1.165) is 17.0 Å². The summed E-state index contributed by atoms with van der Waals surface area (Å²) in [5.74, 6) is -0.366. The van der Waals surface area contributed by atoms with E-state index in [9.17, 15) is 10.1 Å². The van der Waals surface area contributed by atoms with Gasteiger partial charge in [-0.15, -0.1) is 0 Å². The standard InChI is InChI=1S/C18H19N3O/c1-11-13(9-19)16(12-5-4-6-20-10-12)17-14(21-11)7-18(2,3)8-15(17)22/h4-7,10,16-17,21H,8H2,1-3H3. The summed E-state index contributed by atoms with van der Waals surface area (Å²) in [6.45, 7) is 6.02. The molecule has 4 heteroatoms. The number of pyridine rings is 1. The highest BCUT2D eigenvalue weighted by atomic mass is 16.1. The molecule has 2 atom stereocenters. The maximum absolute atomic E-state index is 12.8. The Morgan fingerprint density at radius 3 is 2.82 bits per heavy atom. The van der Waals surface area contributed by atoms with E-state index < -0.39 is 0 Å². The van der Waals surface area contributed by atoms with Crippen molar-refractivity contribution >= 4 is 5.78 Å². The van der Waals surface area contributed by atoms with Crippen LogP contribution in [0.5, 0.6) is 0 Å². The second kappa shape index (κ2) is 5.10. The number of nitriles is 1.